The molecule has 5 amide bonds. The molecule has 17 nitrogen and oxygen atoms in total. The van der Waals surface area contributed by atoms with Crippen molar-refractivity contribution in [1.29, 1.82) is 0 Å². The molecule has 0 spiro atoms. The van der Waals surface area contributed by atoms with Crippen LogP contribution in [0.25, 0.3) is 0 Å². The Balaban J connectivity index is 0.660. The van der Waals surface area contributed by atoms with Crippen molar-refractivity contribution in [3.63, 3.8) is 0 Å². The number of piperidine rings is 3. The number of anilines is 4. The van der Waals surface area contributed by atoms with E-state index in [1.165, 1.54) is 16.7 Å². The van der Waals surface area contributed by atoms with Crippen LogP contribution in [0.15, 0.2) is 95.2 Å². The van der Waals surface area contributed by atoms with Crippen LogP contribution in [0.1, 0.15) is 93.3 Å². The van der Waals surface area contributed by atoms with Gasteiger partial charge in [-0.1, -0.05) is 41.6 Å². The van der Waals surface area contributed by atoms with Gasteiger partial charge in [-0.15, -0.1) is 0 Å². The number of carbonyl (C=O) groups is 5. The molecule has 5 N–H and O–H groups in total. The fourth-order valence-corrected chi connectivity index (χ4v) is 11.5. The van der Waals surface area contributed by atoms with Gasteiger partial charge in [0.25, 0.3) is 17.7 Å². The van der Waals surface area contributed by atoms with Crippen molar-refractivity contribution in [2.24, 2.45) is 5.73 Å². The first-order valence-corrected chi connectivity index (χ1v) is 25.9. The number of aromatic nitrogens is 3. The van der Waals surface area contributed by atoms with E-state index < -0.39 is 11.9 Å². The molecular weight excluding hydrogens is 952 g/mol. The van der Waals surface area contributed by atoms with E-state index >= 15 is 0 Å². The number of nitrogens with two attached hydrogens (primary N) is 1. The molecule has 2 aromatic heterocycles. The summed E-state index contributed by atoms with van der Waals surface area (Å²) < 4.78 is 0. The number of halogens is 1. The van der Waals surface area contributed by atoms with Crippen LogP contribution in [-0.4, -0.2) is 124 Å². The predicted molar refractivity (Wildman–Crippen MR) is 278 cm³/mol. The highest BCUT2D eigenvalue weighted by atomic mass is 35.5. The monoisotopic (exact) mass is 1010 g/mol. The molecule has 10 rings (SSSR count). The number of rotatable bonds is 12. The zero-order valence-electron chi connectivity index (χ0n) is 40.5. The molecule has 0 bridgehead atoms. The van der Waals surface area contributed by atoms with E-state index in [1.807, 2.05) is 48.7 Å². The van der Waals surface area contributed by atoms with Crippen LogP contribution in [0.5, 0.6) is 0 Å². The lowest BCUT2D eigenvalue weighted by molar-refractivity contribution is -0.136. The molecule has 7 heterocycles. The van der Waals surface area contributed by atoms with Gasteiger partial charge in [0.1, 0.15) is 22.6 Å². The number of hydrogen-bond acceptors (Lipinski definition) is 14. The third-order valence-electron chi connectivity index (χ3n) is 14.7. The molecule has 0 saturated carbocycles. The fraction of sp³-hybridized carbons (Fsp3) is 0.396. The second kappa shape index (κ2) is 20.9. The Kier molecular flexibility index (Phi) is 14.2. The van der Waals surface area contributed by atoms with Crippen LogP contribution in [0, 0.1) is 6.92 Å². The van der Waals surface area contributed by atoms with Gasteiger partial charge < -0.3 is 36.0 Å². The summed E-state index contributed by atoms with van der Waals surface area (Å²) in [6, 6.07) is 20.5. The Labute approximate surface area is 428 Å². The Bertz CT molecular complexity index is 2900. The van der Waals surface area contributed by atoms with Gasteiger partial charge in [0, 0.05) is 111 Å². The van der Waals surface area contributed by atoms with Crippen LogP contribution in [-0.2, 0) is 22.7 Å². The predicted octanol–water partition coefficient (Wildman–Crippen LogP) is 6.04. The van der Waals surface area contributed by atoms with E-state index in [1.54, 1.807) is 30.6 Å². The highest BCUT2D eigenvalue weighted by molar-refractivity contribution is 7.99. The maximum absolute atomic E-state index is 13.5. The van der Waals surface area contributed by atoms with E-state index in [2.05, 4.69) is 70.4 Å². The fourth-order valence-electron chi connectivity index (χ4n) is 10.5. The maximum Gasteiger partial charge on any atom is 0.270 e. The lowest BCUT2D eigenvalue weighted by Crippen LogP contribution is -2.53. The van der Waals surface area contributed by atoms with Gasteiger partial charge in [-0.25, -0.2) is 15.0 Å². The lowest BCUT2D eigenvalue weighted by atomic mass is 9.91. The third-order valence-corrected chi connectivity index (χ3v) is 15.9. The smallest absolute Gasteiger partial charge is 0.270 e. The summed E-state index contributed by atoms with van der Waals surface area (Å²) in [6.45, 7) is 11.6. The summed E-state index contributed by atoms with van der Waals surface area (Å²) in [6.07, 6.45) is 9.70. The van der Waals surface area contributed by atoms with Gasteiger partial charge in [0.2, 0.25) is 11.8 Å². The Hall–Kier alpha value is -6.60. The summed E-state index contributed by atoms with van der Waals surface area (Å²) in [5.41, 5.74) is 12.8. The number of piperazine rings is 1. The normalized spacial score (nSPS) is 19.6. The Morgan fingerprint density at radius 3 is 2.32 bits per heavy atom. The first-order chi connectivity index (χ1) is 34.7. The number of pyridine rings is 1. The zero-order valence-corrected chi connectivity index (χ0v) is 42.1. The molecule has 5 aromatic rings. The van der Waals surface area contributed by atoms with Gasteiger partial charge >= 0.3 is 0 Å². The highest BCUT2D eigenvalue weighted by Crippen LogP contribution is 2.33. The minimum absolute atomic E-state index is 0.124. The number of nitrogens with one attached hydrogen (secondary N) is 3. The van der Waals surface area contributed by atoms with E-state index in [9.17, 15) is 24.0 Å². The number of imide groups is 1. The molecule has 5 aliphatic rings. The minimum atomic E-state index is -0.687. The van der Waals surface area contributed by atoms with Crippen LogP contribution in [0.3, 0.4) is 0 Å². The van der Waals surface area contributed by atoms with Crippen molar-refractivity contribution < 1.29 is 24.0 Å². The summed E-state index contributed by atoms with van der Waals surface area (Å²) in [5, 5.41) is 9.57. The molecule has 374 valence electrons. The van der Waals surface area contributed by atoms with Gasteiger partial charge in [-0.05, 0) is 111 Å². The summed E-state index contributed by atoms with van der Waals surface area (Å²) >= 11 is 8.30. The van der Waals surface area contributed by atoms with Crippen molar-refractivity contribution in [2.75, 3.05) is 72.4 Å². The topological polar surface area (TPSA) is 202 Å². The molecule has 0 radical (unpaired) electrons. The second-order valence-corrected chi connectivity index (χ2v) is 21.3. The van der Waals surface area contributed by atoms with Crippen LogP contribution in [0.4, 0.5) is 22.9 Å². The molecule has 72 heavy (non-hydrogen) atoms. The lowest BCUT2D eigenvalue weighted by Gasteiger charge is -2.44. The molecule has 5 aliphatic heterocycles. The summed E-state index contributed by atoms with van der Waals surface area (Å²) in [7, 11) is 0. The van der Waals surface area contributed by atoms with Crippen molar-refractivity contribution in [2.45, 2.75) is 93.0 Å². The molecule has 19 heteroatoms. The molecule has 0 aliphatic carbocycles. The maximum atomic E-state index is 13.5. The van der Waals surface area contributed by atoms with E-state index in [4.69, 9.17) is 17.3 Å². The van der Waals surface area contributed by atoms with Gasteiger partial charge in [0.15, 0.2) is 0 Å². The number of hydrogen-bond donors (Lipinski definition) is 4. The standard InChI is InChI=1S/C53H59ClN12O5S/c1-33-24-35(49(68)60-37-4-3-5-39(26-37)72-48-31-57-46(30-58-48)65-18-14-53(2,55)15-19-65)7-9-43(33)63-16-12-38(13-17-63)62-20-22-64(23-21-62)45-29-56-42(27-41(45)54)50(69)59-28-34-6-8-40-36(25-34)32-66(52(40)71)44-10-11-47(67)61-51(44)70/h3-9,24-27,29-31,38,44H,10-23,28,32,55H2,1-2H3,(H,59,69)(H,60,68)(H,61,67,70). The van der Waals surface area contributed by atoms with E-state index in [0.29, 0.717) is 34.3 Å². The molecule has 1 atom stereocenters. The Morgan fingerprint density at radius 1 is 0.819 bits per heavy atom. The second-order valence-electron chi connectivity index (χ2n) is 19.8. The van der Waals surface area contributed by atoms with Crippen molar-refractivity contribution in [3.8, 4) is 0 Å². The van der Waals surface area contributed by atoms with Crippen molar-refractivity contribution in [3.05, 3.63) is 124 Å². The summed E-state index contributed by atoms with van der Waals surface area (Å²) in [5.74, 6) is -0.683. The molecular formula is C53H59ClN12O5S. The molecule has 3 aromatic carbocycles. The number of amides is 5. The SMILES string of the molecule is Cc1cc(C(=O)Nc2cccc(Sc3cnc(N4CCC(C)(N)CC4)cn3)c2)ccc1N1CCC(N2CCN(c3cnc(C(=O)NCc4ccc5c(c4)CN(C4CCC(=O)NC4=O)C5=O)cc3Cl)CC2)CC1. The minimum Gasteiger partial charge on any atom is -0.371 e. The number of carbonyl (C=O) groups excluding carboxylic acids is 5. The third kappa shape index (κ3) is 10.9. The van der Waals surface area contributed by atoms with Gasteiger partial charge in [-0.3, -0.25) is 34.2 Å². The van der Waals surface area contributed by atoms with Gasteiger partial charge in [0.05, 0.1) is 29.3 Å². The largest absolute Gasteiger partial charge is 0.371 e. The van der Waals surface area contributed by atoms with E-state index in [-0.39, 0.29) is 54.4 Å². The highest BCUT2D eigenvalue weighted by Gasteiger charge is 2.39. The van der Waals surface area contributed by atoms with Gasteiger partial charge in [-0.2, -0.15) is 0 Å². The molecule has 4 saturated heterocycles. The number of fused-ring (bicyclic) bond motifs is 1. The van der Waals surface area contributed by atoms with E-state index in [0.717, 1.165) is 122 Å². The Morgan fingerprint density at radius 2 is 1.60 bits per heavy atom. The number of benzene rings is 3. The average molecular weight is 1010 g/mol. The van der Waals surface area contributed by atoms with Crippen molar-refractivity contribution in [1.82, 2.24) is 35.4 Å². The molecule has 4 fully saturated rings. The average Bonchev–Trinajstić information content (AvgIpc) is 3.70. The quantitative estimate of drug-likeness (QED) is 0.105. The first kappa shape index (κ1) is 49.0. The summed E-state index contributed by atoms with van der Waals surface area (Å²) in [4.78, 5) is 89.6. The van der Waals surface area contributed by atoms with Crippen LogP contribution < -0.4 is 36.4 Å². The van der Waals surface area contributed by atoms with Crippen LogP contribution in [0.2, 0.25) is 5.02 Å². The van der Waals surface area contributed by atoms with Crippen LogP contribution >= 0.6 is 23.4 Å². The number of aryl methyl sites for hydroxylation is 1. The van der Waals surface area contributed by atoms with Crippen molar-refractivity contribution >= 4 is 75.8 Å². The molecule has 1 unspecified atom stereocenters. The number of nitrogens with zero attached hydrogens (tertiary/aromatic N) is 8. The zero-order chi connectivity index (χ0) is 50.1. The first-order valence-electron chi connectivity index (χ1n) is 24.7.